The fourth-order valence-corrected chi connectivity index (χ4v) is 3.18. The minimum atomic E-state index is -0.0394. The zero-order valence-corrected chi connectivity index (χ0v) is 12.3. The second-order valence-corrected chi connectivity index (χ2v) is 5.48. The molecule has 2 aliphatic rings. The molecule has 1 aromatic heterocycles. The Morgan fingerprint density at radius 2 is 2.33 bits per heavy atom. The largest absolute Gasteiger partial charge is 0.379 e. The van der Waals surface area contributed by atoms with Crippen LogP contribution in [0.5, 0.6) is 0 Å². The maximum atomic E-state index is 12.5. The molecule has 0 spiro atoms. The molecule has 0 aromatic carbocycles. The second-order valence-electron chi connectivity index (χ2n) is 5.48. The van der Waals surface area contributed by atoms with Crippen molar-refractivity contribution in [3.8, 4) is 0 Å². The maximum absolute atomic E-state index is 12.5. The molecule has 3 atom stereocenters. The molecule has 0 bridgehead atoms. The van der Waals surface area contributed by atoms with Gasteiger partial charge in [-0.15, -0.1) is 0 Å². The molecule has 2 fully saturated rings. The van der Waals surface area contributed by atoms with Crippen molar-refractivity contribution in [1.82, 2.24) is 14.9 Å². The lowest BCUT2D eigenvalue weighted by Crippen LogP contribution is -2.46. The summed E-state index contributed by atoms with van der Waals surface area (Å²) in [6.07, 6.45) is 7.74. The Hall–Kier alpha value is -1.53. The van der Waals surface area contributed by atoms with Gasteiger partial charge in [-0.25, -0.2) is 4.98 Å². The number of carbonyl (C=O) groups excluding carboxylic acids is 1. The summed E-state index contributed by atoms with van der Waals surface area (Å²) >= 11 is 0. The molecule has 1 amide bonds. The van der Waals surface area contributed by atoms with Crippen LogP contribution in [0.25, 0.3) is 0 Å². The van der Waals surface area contributed by atoms with E-state index in [0.29, 0.717) is 18.9 Å². The van der Waals surface area contributed by atoms with E-state index < -0.39 is 0 Å². The lowest BCUT2D eigenvalue weighted by Gasteiger charge is -2.35. The van der Waals surface area contributed by atoms with E-state index in [-0.39, 0.29) is 24.2 Å². The highest BCUT2D eigenvalue weighted by Crippen LogP contribution is 2.32. The average molecular weight is 291 g/mol. The van der Waals surface area contributed by atoms with Gasteiger partial charge in [0.15, 0.2) is 0 Å². The van der Waals surface area contributed by atoms with Crippen molar-refractivity contribution in [3.63, 3.8) is 0 Å². The molecule has 0 N–H and O–H groups in total. The molecular formula is C15H21N3O3. The average Bonchev–Trinajstić information content (AvgIpc) is 2.96. The minimum absolute atomic E-state index is 0.0394. The lowest BCUT2D eigenvalue weighted by atomic mass is 9.99. The van der Waals surface area contributed by atoms with Gasteiger partial charge in [-0.1, -0.05) is 0 Å². The van der Waals surface area contributed by atoms with E-state index in [1.165, 1.54) is 6.20 Å². The summed E-state index contributed by atoms with van der Waals surface area (Å²) in [5, 5.41) is 0. The Morgan fingerprint density at radius 1 is 1.43 bits per heavy atom. The molecule has 6 heteroatoms. The van der Waals surface area contributed by atoms with E-state index in [1.807, 2.05) is 11.8 Å². The van der Waals surface area contributed by atoms with Gasteiger partial charge in [-0.05, 0) is 26.2 Å². The van der Waals surface area contributed by atoms with Crippen LogP contribution in [0, 0.1) is 0 Å². The number of hydrogen-bond donors (Lipinski definition) is 0. The van der Waals surface area contributed by atoms with Gasteiger partial charge in [0.05, 0.1) is 31.1 Å². The SMILES string of the molecule is CCOC[C@H]1CC[C@H]2[C@H](CCN2C(=O)c2cnccn2)O1. The van der Waals surface area contributed by atoms with E-state index in [1.54, 1.807) is 12.4 Å². The van der Waals surface area contributed by atoms with Crippen molar-refractivity contribution in [2.45, 2.75) is 44.4 Å². The van der Waals surface area contributed by atoms with Gasteiger partial charge in [0.1, 0.15) is 5.69 Å². The number of fused-ring (bicyclic) bond motifs is 1. The first-order chi connectivity index (χ1) is 10.3. The van der Waals surface area contributed by atoms with Crippen molar-refractivity contribution in [1.29, 1.82) is 0 Å². The Balaban J connectivity index is 1.62. The van der Waals surface area contributed by atoms with E-state index in [0.717, 1.165) is 25.8 Å². The molecule has 1 aromatic rings. The number of amides is 1. The molecular weight excluding hydrogens is 270 g/mol. The number of hydrogen-bond acceptors (Lipinski definition) is 5. The summed E-state index contributed by atoms with van der Waals surface area (Å²) in [6.45, 7) is 4.08. The topological polar surface area (TPSA) is 64.5 Å². The summed E-state index contributed by atoms with van der Waals surface area (Å²) in [7, 11) is 0. The van der Waals surface area contributed by atoms with Crippen LogP contribution in [0.1, 0.15) is 36.7 Å². The molecule has 2 saturated heterocycles. The van der Waals surface area contributed by atoms with Crippen molar-refractivity contribution < 1.29 is 14.3 Å². The highest BCUT2D eigenvalue weighted by Gasteiger charge is 2.42. The Labute approximate surface area is 124 Å². The minimum Gasteiger partial charge on any atom is -0.379 e. The third-order valence-electron chi connectivity index (χ3n) is 4.19. The molecule has 0 saturated carbocycles. The summed E-state index contributed by atoms with van der Waals surface area (Å²) in [6, 6.07) is 0.164. The predicted molar refractivity (Wildman–Crippen MR) is 75.9 cm³/mol. The number of aromatic nitrogens is 2. The van der Waals surface area contributed by atoms with Gasteiger partial charge in [0, 0.05) is 25.5 Å². The predicted octanol–water partition coefficient (Wildman–Crippen LogP) is 1.28. The molecule has 0 unspecified atom stereocenters. The van der Waals surface area contributed by atoms with E-state index in [9.17, 15) is 4.79 Å². The normalized spacial score (nSPS) is 28.4. The van der Waals surface area contributed by atoms with Crippen LogP contribution in [0.3, 0.4) is 0 Å². The van der Waals surface area contributed by atoms with Gasteiger partial charge in [0.25, 0.3) is 5.91 Å². The van der Waals surface area contributed by atoms with Crippen molar-refractivity contribution in [2.24, 2.45) is 0 Å². The van der Waals surface area contributed by atoms with Crippen LogP contribution in [-0.4, -0.2) is 58.8 Å². The van der Waals surface area contributed by atoms with E-state index in [4.69, 9.17) is 9.47 Å². The summed E-state index contributed by atoms with van der Waals surface area (Å²) in [5.74, 6) is -0.0394. The van der Waals surface area contributed by atoms with Crippen molar-refractivity contribution >= 4 is 5.91 Å². The third kappa shape index (κ3) is 3.06. The summed E-state index contributed by atoms with van der Waals surface area (Å²) in [4.78, 5) is 22.5. The molecule has 21 heavy (non-hydrogen) atoms. The molecule has 3 heterocycles. The Kier molecular flexibility index (Phi) is 4.45. The third-order valence-corrected chi connectivity index (χ3v) is 4.19. The number of likely N-dealkylation sites (tertiary alicyclic amines) is 1. The number of ether oxygens (including phenoxy) is 2. The van der Waals surface area contributed by atoms with Crippen LogP contribution in [-0.2, 0) is 9.47 Å². The first-order valence-electron chi connectivity index (χ1n) is 7.59. The van der Waals surface area contributed by atoms with Crippen LogP contribution >= 0.6 is 0 Å². The van der Waals surface area contributed by atoms with Crippen LogP contribution in [0.4, 0.5) is 0 Å². The summed E-state index contributed by atoms with van der Waals surface area (Å²) < 4.78 is 11.5. The van der Waals surface area contributed by atoms with Gasteiger partial charge >= 0.3 is 0 Å². The van der Waals surface area contributed by atoms with Crippen molar-refractivity contribution in [3.05, 3.63) is 24.3 Å². The van der Waals surface area contributed by atoms with Gasteiger partial charge in [-0.3, -0.25) is 9.78 Å². The quantitative estimate of drug-likeness (QED) is 0.836. The van der Waals surface area contributed by atoms with Gasteiger partial charge < -0.3 is 14.4 Å². The standard InChI is InChI=1S/C15H21N3O3/c1-2-20-10-11-3-4-13-14(21-11)5-8-18(13)15(19)12-9-16-6-7-17-12/h6-7,9,11,13-14H,2-5,8,10H2,1H3/t11-,13+,14+/m1/s1. The number of nitrogens with zero attached hydrogens (tertiary/aromatic N) is 3. The first kappa shape index (κ1) is 14.4. The van der Waals surface area contributed by atoms with Crippen LogP contribution in [0.15, 0.2) is 18.6 Å². The number of rotatable bonds is 4. The fraction of sp³-hybridized carbons (Fsp3) is 0.667. The Morgan fingerprint density at radius 3 is 3.10 bits per heavy atom. The van der Waals surface area contributed by atoms with E-state index >= 15 is 0 Å². The van der Waals surface area contributed by atoms with E-state index in [2.05, 4.69) is 9.97 Å². The fourth-order valence-electron chi connectivity index (χ4n) is 3.18. The molecule has 114 valence electrons. The molecule has 6 nitrogen and oxygen atoms in total. The lowest BCUT2D eigenvalue weighted by molar-refractivity contribution is -0.0951. The second kappa shape index (κ2) is 6.49. The molecule has 0 aliphatic carbocycles. The molecule has 3 rings (SSSR count). The smallest absolute Gasteiger partial charge is 0.274 e. The molecule has 0 radical (unpaired) electrons. The monoisotopic (exact) mass is 291 g/mol. The molecule has 2 aliphatic heterocycles. The van der Waals surface area contributed by atoms with Crippen LogP contribution in [0.2, 0.25) is 0 Å². The van der Waals surface area contributed by atoms with Gasteiger partial charge in [0.2, 0.25) is 0 Å². The highest BCUT2D eigenvalue weighted by molar-refractivity contribution is 5.92. The van der Waals surface area contributed by atoms with Gasteiger partial charge in [-0.2, -0.15) is 0 Å². The Bertz CT molecular complexity index is 482. The number of carbonyl (C=O) groups is 1. The first-order valence-corrected chi connectivity index (χ1v) is 7.59. The van der Waals surface area contributed by atoms with Crippen LogP contribution < -0.4 is 0 Å². The zero-order valence-electron chi connectivity index (χ0n) is 12.3. The highest BCUT2D eigenvalue weighted by atomic mass is 16.5. The maximum Gasteiger partial charge on any atom is 0.274 e. The van der Waals surface area contributed by atoms with Crippen molar-refractivity contribution in [2.75, 3.05) is 19.8 Å². The summed E-state index contributed by atoms with van der Waals surface area (Å²) in [5.41, 5.74) is 0.412. The zero-order chi connectivity index (χ0) is 14.7.